The lowest BCUT2D eigenvalue weighted by Crippen LogP contribution is -2.35. The quantitative estimate of drug-likeness (QED) is 0.0849. The Morgan fingerprint density at radius 1 is 0.870 bits per heavy atom. The number of carbonyl (C=O) groups excluding carboxylic acids is 5. The first-order valence-corrected chi connectivity index (χ1v) is 17.6. The minimum absolute atomic E-state index is 0.183. The van der Waals surface area contributed by atoms with Gasteiger partial charge in [0.1, 0.15) is 0 Å². The number of rotatable bonds is 12. The maximum absolute atomic E-state index is 13.1. The Balaban J connectivity index is 1.12. The molecule has 0 atom stereocenters. The molecular weight excluding hydrogens is 686 g/mol. The predicted octanol–water partition coefficient (Wildman–Crippen LogP) is 6.02. The van der Waals surface area contributed by atoms with E-state index in [1.165, 1.54) is 6.20 Å². The first kappa shape index (κ1) is 37.0. The first-order chi connectivity index (χ1) is 26.0. The summed E-state index contributed by atoms with van der Waals surface area (Å²) in [4.78, 5) is 70.1. The van der Waals surface area contributed by atoms with Crippen molar-refractivity contribution in [3.05, 3.63) is 113 Å². The molecule has 1 aliphatic rings. The van der Waals surface area contributed by atoms with Crippen LogP contribution in [0.25, 0.3) is 22.6 Å². The van der Waals surface area contributed by atoms with Crippen LogP contribution in [0.3, 0.4) is 0 Å². The number of para-hydroxylation sites is 1. The van der Waals surface area contributed by atoms with Crippen LogP contribution in [0.15, 0.2) is 85.1 Å². The molecule has 0 radical (unpaired) electrons. The summed E-state index contributed by atoms with van der Waals surface area (Å²) in [5.74, 6) is -1.65. The molecule has 276 valence electrons. The van der Waals surface area contributed by atoms with Gasteiger partial charge in [0.15, 0.2) is 0 Å². The van der Waals surface area contributed by atoms with Crippen molar-refractivity contribution in [1.29, 1.82) is 0 Å². The lowest BCUT2D eigenvalue weighted by Gasteiger charge is -2.18. The fraction of sp³-hybridized carbons (Fsp3) is 0.200. The van der Waals surface area contributed by atoms with E-state index in [9.17, 15) is 24.0 Å². The van der Waals surface area contributed by atoms with Gasteiger partial charge in [0.2, 0.25) is 5.91 Å². The van der Waals surface area contributed by atoms with Crippen LogP contribution >= 0.6 is 0 Å². The lowest BCUT2D eigenvalue weighted by molar-refractivity contribution is -0.112. The number of amides is 5. The maximum Gasteiger partial charge on any atom is 0.323 e. The maximum atomic E-state index is 13.1. The minimum Gasteiger partial charge on any atom is -0.358 e. The number of allylic oxidation sites excluding steroid dienone is 1. The molecule has 3 aromatic carbocycles. The zero-order valence-corrected chi connectivity index (χ0v) is 30.4. The van der Waals surface area contributed by atoms with E-state index >= 15 is 0 Å². The number of aryl methyl sites for hydroxylation is 1. The molecule has 5 aromatic rings. The van der Waals surface area contributed by atoms with Crippen LogP contribution in [0.1, 0.15) is 51.5 Å². The van der Waals surface area contributed by atoms with E-state index in [2.05, 4.69) is 55.4 Å². The van der Waals surface area contributed by atoms with Crippen molar-refractivity contribution in [1.82, 2.24) is 25.0 Å². The summed E-state index contributed by atoms with van der Waals surface area (Å²) in [5.41, 5.74) is 5.98. The molecule has 0 aliphatic carbocycles. The van der Waals surface area contributed by atoms with E-state index in [1.807, 2.05) is 19.9 Å². The van der Waals surface area contributed by atoms with Crippen molar-refractivity contribution in [3.8, 4) is 0 Å². The Morgan fingerprint density at radius 2 is 1.59 bits per heavy atom. The Labute approximate surface area is 311 Å². The second-order valence-corrected chi connectivity index (χ2v) is 12.7. The fourth-order valence-corrected chi connectivity index (χ4v) is 6.26. The van der Waals surface area contributed by atoms with Gasteiger partial charge in [-0.25, -0.2) is 4.79 Å². The number of aromatic nitrogens is 3. The molecule has 5 amide bonds. The molecule has 0 fully saturated rings. The molecule has 54 heavy (non-hydrogen) atoms. The van der Waals surface area contributed by atoms with E-state index in [1.54, 1.807) is 66.7 Å². The number of benzene rings is 3. The van der Waals surface area contributed by atoms with Crippen LogP contribution in [-0.2, 0) is 9.59 Å². The molecule has 2 aromatic heterocycles. The Kier molecular flexibility index (Phi) is 11.1. The van der Waals surface area contributed by atoms with Crippen LogP contribution in [0.5, 0.6) is 0 Å². The highest BCUT2D eigenvalue weighted by Gasteiger charge is 2.26. The van der Waals surface area contributed by atoms with E-state index in [4.69, 9.17) is 0 Å². The van der Waals surface area contributed by atoms with Crippen molar-refractivity contribution in [2.45, 2.75) is 27.7 Å². The zero-order valence-electron chi connectivity index (χ0n) is 30.4. The molecule has 14 heteroatoms. The van der Waals surface area contributed by atoms with Gasteiger partial charge in [-0.15, -0.1) is 0 Å². The molecule has 0 saturated heterocycles. The smallest absolute Gasteiger partial charge is 0.323 e. The summed E-state index contributed by atoms with van der Waals surface area (Å²) in [7, 11) is 0. The molecule has 0 bridgehead atoms. The minimum atomic E-state index is -0.575. The average molecular weight is 728 g/mol. The lowest BCUT2D eigenvalue weighted by atomic mass is 10.0. The van der Waals surface area contributed by atoms with Crippen molar-refractivity contribution in [2.24, 2.45) is 0 Å². The number of nitrogens with zero attached hydrogens (tertiary/aromatic N) is 3. The van der Waals surface area contributed by atoms with Crippen molar-refractivity contribution in [3.63, 3.8) is 0 Å². The number of hydrogen-bond donors (Lipinski definition) is 6. The summed E-state index contributed by atoms with van der Waals surface area (Å²) >= 11 is 0. The van der Waals surface area contributed by atoms with Gasteiger partial charge in [0, 0.05) is 70.3 Å². The number of urea groups is 1. The van der Waals surface area contributed by atoms with Crippen LogP contribution in [0.4, 0.5) is 27.5 Å². The van der Waals surface area contributed by atoms with Gasteiger partial charge in [0.25, 0.3) is 17.7 Å². The third-order valence-corrected chi connectivity index (χ3v) is 9.12. The Morgan fingerprint density at radius 3 is 2.35 bits per heavy atom. The summed E-state index contributed by atoms with van der Waals surface area (Å²) in [6.45, 7) is 10.9. The normalized spacial score (nSPS) is 13.0. The van der Waals surface area contributed by atoms with Gasteiger partial charge in [-0.2, -0.15) is 9.78 Å². The summed E-state index contributed by atoms with van der Waals surface area (Å²) in [6, 6.07) is 18.6. The second-order valence-electron chi connectivity index (χ2n) is 12.7. The molecule has 0 saturated carbocycles. The number of H-pyrrole nitrogens is 1. The van der Waals surface area contributed by atoms with Gasteiger partial charge in [-0.1, -0.05) is 32.0 Å². The molecule has 1 aliphatic heterocycles. The van der Waals surface area contributed by atoms with E-state index in [0.29, 0.717) is 73.8 Å². The number of anilines is 4. The molecule has 14 nitrogen and oxygen atoms in total. The fourth-order valence-electron chi connectivity index (χ4n) is 6.26. The van der Waals surface area contributed by atoms with Crippen molar-refractivity contribution >= 4 is 75.0 Å². The van der Waals surface area contributed by atoms with Crippen LogP contribution in [0.2, 0.25) is 0 Å². The molecule has 6 rings (SSSR count). The Hall–Kier alpha value is -6.80. The number of aromatic amines is 1. The highest BCUT2D eigenvalue weighted by atomic mass is 16.2. The van der Waals surface area contributed by atoms with Gasteiger partial charge >= 0.3 is 6.03 Å². The summed E-state index contributed by atoms with van der Waals surface area (Å²) in [6.07, 6.45) is 5.41. The second kappa shape index (κ2) is 16.3. The average Bonchev–Trinajstić information content (AvgIpc) is 3.81. The predicted molar refractivity (Wildman–Crippen MR) is 211 cm³/mol. The van der Waals surface area contributed by atoms with Crippen LogP contribution in [-0.4, -0.2) is 75.5 Å². The molecule has 3 heterocycles. The number of likely N-dealkylation sites (N-methyl/N-ethyl adjacent to an activating group) is 1. The third kappa shape index (κ3) is 8.29. The highest BCUT2D eigenvalue weighted by Crippen LogP contribution is 2.36. The summed E-state index contributed by atoms with van der Waals surface area (Å²) in [5, 5.41) is 18.9. The van der Waals surface area contributed by atoms with Gasteiger partial charge in [0.05, 0.1) is 22.9 Å². The molecular formula is C40H41N9O5. The van der Waals surface area contributed by atoms with Gasteiger partial charge in [-0.05, 0) is 87.1 Å². The standard InChI is InChI=1S/C40H41N9O5/c1-5-48(6-2)19-18-41-39(53)37-24(3)33(43-25(37)4)22-31-30-20-28(14-15-32(30)47-38(31)52)44-35(50)16-17-36(51)49-34-21-29(13-12-26(34)23-42-49)46-40(54)45-27-10-8-7-9-11-27/h7-17,20-23,43H,5-6,18-19H2,1-4H3,(H,41,53)(H,44,50)(H,47,52)(H2,45,46,54)/b17-16+,31-22-. The number of carbonyl (C=O) groups is 5. The van der Waals surface area contributed by atoms with Gasteiger partial charge in [-0.3, -0.25) is 19.2 Å². The summed E-state index contributed by atoms with van der Waals surface area (Å²) < 4.78 is 1.13. The number of nitrogens with one attached hydrogen (secondary N) is 6. The van der Waals surface area contributed by atoms with E-state index < -0.39 is 17.8 Å². The zero-order chi connectivity index (χ0) is 38.4. The van der Waals surface area contributed by atoms with E-state index in [-0.39, 0.29) is 11.8 Å². The number of hydrogen-bond acceptors (Lipinski definition) is 7. The SMILES string of the molecule is CCN(CC)CCNC(=O)c1c(C)[nH]c(/C=C2\C(=O)Nc3ccc(NC(=O)/C=C/C(=O)n4ncc5ccc(NC(=O)Nc6ccccc6)cc54)cc32)c1C. The number of fused-ring (bicyclic) bond motifs is 2. The molecule has 0 unspecified atom stereocenters. The Bertz CT molecular complexity index is 2320. The van der Waals surface area contributed by atoms with Crippen molar-refractivity contribution in [2.75, 3.05) is 47.4 Å². The third-order valence-electron chi connectivity index (χ3n) is 9.12. The highest BCUT2D eigenvalue weighted by molar-refractivity contribution is 6.35. The van der Waals surface area contributed by atoms with E-state index in [0.717, 1.165) is 36.5 Å². The first-order valence-electron chi connectivity index (χ1n) is 17.6. The largest absolute Gasteiger partial charge is 0.358 e. The van der Waals surface area contributed by atoms with Crippen molar-refractivity contribution < 1.29 is 24.0 Å². The molecule has 6 N–H and O–H groups in total. The monoisotopic (exact) mass is 727 g/mol. The van der Waals surface area contributed by atoms with Crippen LogP contribution < -0.4 is 26.6 Å². The molecule has 0 spiro atoms. The van der Waals surface area contributed by atoms with Crippen LogP contribution in [0, 0.1) is 13.8 Å². The topological polar surface area (TPSA) is 182 Å². The van der Waals surface area contributed by atoms with Gasteiger partial charge < -0.3 is 36.5 Å².